The number of ether oxygens (including phenoxy) is 4. The zero-order chi connectivity index (χ0) is 20.3. The molecule has 6 atom stereocenters. The lowest BCUT2D eigenvalue weighted by molar-refractivity contribution is -0.235. The molecule has 0 spiro atoms. The minimum atomic E-state index is -0.664. The van der Waals surface area contributed by atoms with E-state index in [9.17, 15) is 0 Å². The van der Waals surface area contributed by atoms with Gasteiger partial charge in [-0.25, -0.2) is 0 Å². The molecule has 154 valence electrons. The van der Waals surface area contributed by atoms with Crippen molar-refractivity contribution >= 4 is 11.6 Å². The Hall–Kier alpha value is -1.43. The molecule has 0 aliphatic carbocycles. The third-order valence-corrected chi connectivity index (χ3v) is 6.63. The Balaban J connectivity index is 1.52. The van der Waals surface area contributed by atoms with Crippen LogP contribution in [0.5, 0.6) is 0 Å². The van der Waals surface area contributed by atoms with Crippen molar-refractivity contribution in [2.75, 3.05) is 0 Å². The molecule has 3 saturated heterocycles. The second kappa shape index (κ2) is 7.07. The zero-order valence-corrected chi connectivity index (χ0v) is 18.0. The largest absolute Gasteiger partial charge is 0.365 e. The van der Waals surface area contributed by atoms with Crippen molar-refractivity contribution < 1.29 is 18.9 Å². The molecule has 29 heavy (non-hydrogen) atoms. The van der Waals surface area contributed by atoms with Crippen LogP contribution in [0.4, 0.5) is 0 Å². The smallest absolute Gasteiger partial charge is 0.190 e. The Morgan fingerprint density at radius 3 is 2.45 bits per heavy atom. The van der Waals surface area contributed by atoms with Gasteiger partial charge in [-0.05, 0) is 68.5 Å². The number of benzene rings is 2. The van der Waals surface area contributed by atoms with E-state index < -0.39 is 12.1 Å². The number of fused-ring (bicyclic) bond motifs is 3. The normalized spacial score (nSPS) is 35.3. The molecule has 2 aromatic rings. The van der Waals surface area contributed by atoms with E-state index >= 15 is 0 Å². The Bertz CT molecular complexity index is 927. The fourth-order valence-corrected chi connectivity index (χ4v) is 5.03. The van der Waals surface area contributed by atoms with E-state index in [0.717, 1.165) is 17.0 Å². The standard InChI is InChI=1S/C24H27ClO4/c1-13-8-9-15(10-14(13)2)18-12-19(16-6-5-7-17(25)11-16)26-21-20(18)27-23-22(21)28-24(3,4)29-23/h5-11,18-23H,12H2,1-4H3/t18-,19+,20+,21-,22+,23+/m0/s1. The highest BCUT2D eigenvalue weighted by atomic mass is 35.5. The Morgan fingerprint density at radius 1 is 0.862 bits per heavy atom. The molecule has 0 aromatic heterocycles. The number of hydrogen-bond acceptors (Lipinski definition) is 4. The van der Waals surface area contributed by atoms with Gasteiger partial charge in [0.15, 0.2) is 12.1 Å². The summed E-state index contributed by atoms with van der Waals surface area (Å²) in [5.41, 5.74) is 4.95. The van der Waals surface area contributed by atoms with E-state index in [1.165, 1.54) is 16.7 Å². The summed E-state index contributed by atoms with van der Waals surface area (Å²) < 4.78 is 25.1. The maximum absolute atomic E-state index is 6.58. The van der Waals surface area contributed by atoms with E-state index in [1.54, 1.807) is 0 Å². The summed E-state index contributed by atoms with van der Waals surface area (Å²) in [6, 6.07) is 14.6. The average Bonchev–Trinajstić information content (AvgIpc) is 3.15. The van der Waals surface area contributed by atoms with Gasteiger partial charge in [0.2, 0.25) is 0 Å². The number of hydrogen-bond donors (Lipinski definition) is 0. The monoisotopic (exact) mass is 414 g/mol. The van der Waals surface area contributed by atoms with Gasteiger partial charge < -0.3 is 18.9 Å². The second-order valence-corrected chi connectivity index (χ2v) is 9.34. The molecule has 4 nitrogen and oxygen atoms in total. The van der Waals surface area contributed by atoms with Crippen LogP contribution in [-0.4, -0.2) is 30.4 Å². The van der Waals surface area contributed by atoms with E-state index in [0.29, 0.717) is 0 Å². The summed E-state index contributed by atoms with van der Waals surface area (Å²) in [5, 5.41) is 0.720. The van der Waals surface area contributed by atoms with Crippen molar-refractivity contribution in [3.8, 4) is 0 Å². The van der Waals surface area contributed by atoms with Gasteiger partial charge >= 0.3 is 0 Å². The highest BCUT2D eigenvalue weighted by Gasteiger charge is 2.59. The molecule has 3 aliphatic heterocycles. The summed E-state index contributed by atoms with van der Waals surface area (Å²) in [5.74, 6) is -0.472. The summed E-state index contributed by atoms with van der Waals surface area (Å²) in [6.45, 7) is 8.13. The molecule has 0 bridgehead atoms. The molecule has 0 unspecified atom stereocenters. The first kappa shape index (κ1) is 19.5. The van der Waals surface area contributed by atoms with Gasteiger partial charge in [0.1, 0.15) is 12.2 Å². The quantitative estimate of drug-likeness (QED) is 0.655. The van der Waals surface area contributed by atoms with Crippen LogP contribution < -0.4 is 0 Å². The topological polar surface area (TPSA) is 36.9 Å². The number of rotatable bonds is 2. The summed E-state index contributed by atoms with van der Waals surface area (Å²) in [6.07, 6.45) is -0.161. The summed E-state index contributed by atoms with van der Waals surface area (Å²) in [7, 11) is 0. The fraction of sp³-hybridized carbons (Fsp3) is 0.500. The predicted molar refractivity (Wildman–Crippen MR) is 111 cm³/mol. The van der Waals surface area contributed by atoms with Crippen LogP contribution >= 0.6 is 11.6 Å². The van der Waals surface area contributed by atoms with Crippen LogP contribution in [0.15, 0.2) is 42.5 Å². The van der Waals surface area contributed by atoms with Crippen LogP contribution in [0.1, 0.15) is 54.5 Å². The molecule has 3 aliphatic rings. The van der Waals surface area contributed by atoms with Crippen molar-refractivity contribution in [2.24, 2.45) is 0 Å². The maximum Gasteiger partial charge on any atom is 0.190 e. The number of aryl methyl sites for hydroxylation is 2. The molecule has 5 heteroatoms. The summed E-state index contributed by atoms with van der Waals surface area (Å²) >= 11 is 6.27. The Morgan fingerprint density at radius 2 is 1.69 bits per heavy atom. The van der Waals surface area contributed by atoms with Crippen LogP contribution in [0.25, 0.3) is 0 Å². The van der Waals surface area contributed by atoms with E-state index in [-0.39, 0.29) is 30.3 Å². The van der Waals surface area contributed by atoms with Gasteiger partial charge in [0, 0.05) is 10.9 Å². The first-order chi connectivity index (χ1) is 13.8. The molecule has 3 fully saturated rings. The third kappa shape index (κ3) is 3.51. The van der Waals surface area contributed by atoms with Gasteiger partial charge in [-0.2, -0.15) is 0 Å². The molecular weight excluding hydrogens is 388 g/mol. The maximum atomic E-state index is 6.58. The molecule has 2 aromatic carbocycles. The lowest BCUT2D eigenvalue weighted by atomic mass is 9.80. The van der Waals surface area contributed by atoms with Crippen molar-refractivity contribution in [2.45, 2.75) is 76.5 Å². The van der Waals surface area contributed by atoms with Gasteiger partial charge in [-0.3, -0.25) is 0 Å². The molecule has 3 heterocycles. The highest BCUT2D eigenvalue weighted by molar-refractivity contribution is 6.30. The van der Waals surface area contributed by atoms with Crippen molar-refractivity contribution in [1.82, 2.24) is 0 Å². The van der Waals surface area contributed by atoms with Crippen molar-refractivity contribution in [3.63, 3.8) is 0 Å². The van der Waals surface area contributed by atoms with Crippen molar-refractivity contribution in [3.05, 3.63) is 69.7 Å². The lowest BCUT2D eigenvalue weighted by Gasteiger charge is -2.40. The Labute approximate surface area is 177 Å². The molecule has 0 saturated carbocycles. The highest BCUT2D eigenvalue weighted by Crippen LogP contribution is 2.50. The third-order valence-electron chi connectivity index (χ3n) is 6.39. The van der Waals surface area contributed by atoms with Crippen molar-refractivity contribution in [1.29, 1.82) is 0 Å². The molecule has 0 amide bonds. The fourth-order valence-electron chi connectivity index (χ4n) is 4.84. The first-order valence-corrected chi connectivity index (χ1v) is 10.7. The minimum absolute atomic E-state index is 0.0729. The molecule has 0 N–H and O–H groups in total. The Kier molecular flexibility index (Phi) is 4.76. The van der Waals surface area contributed by atoms with E-state index in [1.807, 2.05) is 32.0 Å². The molecule has 0 radical (unpaired) electrons. The minimum Gasteiger partial charge on any atom is -0.365 e. The van der Waals surface area contributed by atoms with Gasteiger partial charge in [-0.15, -0.1) is 0 Å². The molecular formula is C24H27ClO4. The van der Waals surface area contributed by atoms with Crippen LogP contribution in [-0.2, 0) is 18.9 Å². The van der Waals surface area contributed by atoms with E-state index in [4.69, 9.17) is 30.5 Å². The molecule has 5 rings (SSSR count). The lowest BCUT2D eigenvalue weighted by Crippen LogP contribution is -2.44. The average molecular weight is 415 g/mol. The summed E-state index contributed by atoms with van der Waals surface area (Å²) in [4.78, 5) is 0. The van der Waals surface area contributed by atoms with Gasteiger partial charge in [0.25, 0.3) is 0 Å². The zero-order valence-electron chi connectivity index (χ0n) is 17.2. The predicted octanol–water partition coefficient (Wildman–Crippen LogP) is 5.45. The van der Waals surface area contributed by atoms with Crippen LogP contribution in [0.3, 0.4) is 0 Å². The van der Waals surface area contributed by atoms with Crippen LogP contribution in [0.2, 0.25) is 5.02 Å². The SMILES string of the molecule is Cc1ccc([C@@H]2C[C@H](c3cccc(Cl)c3)O[C@@H]3[C@H]4OC(C)(C)O[C@H]4O[C@@H]32)cc1C. The second-order valence-electron chi connectivity index (χ2n) is 8.90. The van der Waals surface area contributed by atoms with Gasteiger partial charge in [-0.1, -0.05) is 41.9 Å². The number of halogens is 1. The van der Waals surface area contributed by atoms with Gasteiger partial charge in [0.05, 0.1) is 12.2 Å². The van der Waals surface area contributed by atoms with E-state index in [2.05, 4.69) is 38.1 Å². The van der Waals surface area contributed by atoms with Crippen LogP contribution in [0, 0.1) is 13.8 Å². The first-order valence-electron chi connectivity index (χ1n) is 10.3.